The van der Waals surface area contributed by atoms with Gasteiger partial charge in [-0.25, -0.2) is 0 Å². The third kappa shape index (κ3) is 2.54. The van der Waals surface area contributed by atoms with Gasteiger partial charge in [0.15, 0.2) is 0 Å². The smallest absolute Gasteiger partial charge is 0.00596 e. The summed E-state index contributed by atoms with van der Waals surface area (Å²) in [5, 5.41) is 2.42. The normalized spacial score (nSPS) is 34.2. The van der Waals surface area contributed by atoms with Crippen LogP contribution < -0.4 is 0 Å². The highest BCUT2D eigenvalue weighted by Gasteiger charge is 2.18. The highest BCUT2D eigenvalue weighted by molar-refractivity contribution is 9.09. The van der Waals surface area contributed by atoms with E-state index in [9.17, 15) is 0 Å². The fourth-order valence-corrected chi connectivity index (χ4v) is 2.84. The molecule has 0 aliphatic heterocycles. The minimum atomic E-state index is 0.968. The van der Waals surface area contributed by atoms with E-state index in [1.807, 2.05) is 0 Å². The Kier molecular flexibility index (Phi) is 4.31. The zero-order valence-corrected chi connectivity index (χ0v) is 9.33. The molecule has 0 radical (unpaired) electrons. The highest BCUT2D eigenvalue weighted by Crippen LogP contribution is 2.30. The van der Waals surface area contributed by atoms with Gasteiger partial charge in [-0.2, -0.15) is 0 Å². The van der Waals surface area contributed by atoms with Crippen LogP contribution in [0.2, 0.25) is 0 Å². The molecule has 0 saturated heterocycles. The zero-order valence-electron chi connectivity index (χ0n) is 6.15. The Morgan fingerprint density at radius 1 is 0.800 bits per heavy atom. The molecule has 0 heterocycles. The van der Waals surface area contributed by atoms with E-state index in [1.54, 1.807) is 0 Å². The molecule has 0 spiro atoms. The Hall–Kier alpha value is 0.960. The second kappa shape index (κ2) is 4.76. The Morgan fingerprint density at radius 3 is 1.30 bits per heavy atom. The fourth-order valence-electron chi connectivity index (χ4n) is 1.54. The first-order valence-electron chi connectivity index (χ1n) is 3.98. The summed E-state index contributed by atoms with van der Waals surface area (Å²) in [6.07, 6.45) is 5.73. The van der Waals surface area contributed by atoms with E-state index in [0.717, 1.165) is 11.8 Å². The van der Waals surface area contributed by atoms with Crippen molar-refractivity contribution in [3.05, 3.63) is 0 Å². The fraction of sp³-hybridized carbons (Fsp3) is 1.00. The van der Waals surface area contributed by atoms with Crippen LogP contribution in [-0.2, 0) is 0 Å². The van der Waals surface area contributed by atoms with Crippen molar-refractivity contribution in [3.63, 3.8) is 0 Å². The number of alkyl halides is 2. The maximum atomic E-state index is 3.54. The molecule has 1 aliphatic carbocycles. The molecule has 60 valence electrons. The van der Waals surface area contributed by atoms with Crippen LogP contribution in [0.15, 0.2) is 0 Å². The Balaban J connectivity index is 2.17. The van der Waals surface area contributed by atoms with Crippen LogP contribution in [0.1, 0.15) is 25.7 Å². The predicted octanol–water partition coefficient (Wildman–Crippen LogP) is 3.58. The van der Waals surface area contributed by atoms with E-state index in [4.69, 9.17) is 0 Å². The van der Waals surface area contributed by atoms with E-state index in [2.05, 4.69) is 31.9 Å². The zero-order chi connectivity index (χ0) is 7.40. The monoisotopic (exact) mass is 268 g/mol. The quantitative estimate of drug-likeness (QED) is 0.673. The SMILES string of the molecule is BrC[C@H]1CC[C@H](CBr)CC1. The van der Waals surface area contributed by atoms with Gasteiger partial charge in [0.1, 0.15) is 0 Å². The maximum Gasteiger partial charge on any atom is 0.00596 e. The number of hydrogen-bond donors (Lipinski definition) is 0. The van der Waals surface area contributed by atoms with Crippen molar-refractivity contribution in [1.29, 1.82) is 0 Å². The van der Waals surface area contributed by atoms with Gasteiger partial charge in [-0.05, 0) is 37.5 Å². The summed E-state index contributed by atoms with van der Waals surface area (Å²) >= 11 is 7.08. The second-order valence-corrected chi connectivity index (χ2v) is 4.49. The van der Waals surface area contributed by atoms with Crippen molar-refractivity contribution in [2.75, 3.05) is 10.7 Å². The van der Waals surface area contributed by atoms with Crippen molar-refractivity contribution in [1.82, 2.24) is 0 Å². The summed E-state index contributed by atoms with van der Waals surface area (Å²) < 4.78 is 0. The summed E-state index contributed by atoms with van der Waals surface area (Å²) in [5.41, 5.74) is 0. The molecule has 10 heavy (non-hydrogen) atoms. The lowest BCUT2D eigenvalue weighted by Gasteiger charge is -2.25. The van der Waals surface area contributed by atoms with Crippen LogP contribution in [-0.4, -0.2) is 10.7 Å². The molecule has 0 aromatic heterocycles. The average Bonchev–Trinajstić information content (AvgIpc) is 2.05. The van der Waals surface area contributed by atoms with Crippen LogP contribution in [0, 0.1) is 11.8 Å². The molecule has 1 rings (SSSR count). The summed E-state index contributed by atoms with van der Waals surface area (Å²) in [5.74, 6) is 1.94. The first-order chi connectivity index (χ1) is 4.86. The summed E-state index contributed by atoms with van der Waals surface area (Å²) in [6.45, 7) is 0. The van der Waals surface area contributed by atoms with Crippen LogP contribution in [0.5, 0.6) is 0 Å². The number of rotatable bonds is 2. The summed E-state index contributed by atoms with van der Waals surface area (Å²) in [7, 11) is 0. The second-order valence-electron chi connectivity index (χ2n) is 3.20. The first kappa shape index (κ1) is 9.05. The number of halogens is 2. The molecule has 0 unspecified atom stereocenters. The maximum absolute atomic E-state index is 3.54. The van der Waals surface area contributed by atoms with Gasteiger partial charge in [0.2, 0.25) is 0 Å². The minimum absolute atomic E-state index is 0.968. The van der Waals surface area contributed by atoms with Crippen LogP contribution in [0.3, 0.4) is 0 Å². The Morgan fingerprint density at radius 2 is 1.10 bits per heavy atom. The third-order valence-electron chi connectivity index (χ3n) is 2.40. The highest BCUT2D eigenvalue weighted by atomic mass is 79.9. The van der Waals surface area contributed by atoms with E-state index < -0.39 is 0 Å². The van der Waals surface area contributed by atoms with Gasteiger partial charge in [-0.1, -0.05) is 31.9 Å². The van der Waals surface area contributed by atoms with E-state index in [1.165, 1.54) is 36.3 Å². The Bertz CT molecular complexity index is 73.3. The van der Waals surface area contributed by atoms with Crippen LogP contribution >= 0.6 is 31.9 Å². The van der Waals surface area contributed by atoms with Gasteiger partial charge >= 0.3 is 0 Å². The van der Waals surface area contributed by atoms with Crippen molar-refractivity contribution >= 4 is 31.9 Å². The average molecular weight is 270 g/mol. The lowest BCUT2D eigenvalue weighted by atomic mass is 9.84. The standard InChI is InChI=1S/C8H14Br2/c9-5-7-1-2-8(6-10)4-3-7/h7-8H,1-6H2/t7-,8-. The van der Waals surface area contributed by atoms with Gasteiger partial charge in [0.05, 0.1) is 0 Å². The minimum Gasteiger partial charge on any atom is -0.0925 e. The van der Waals surface area contributed by atoms with Crippen molar-refractivity contribution in [3.8, 4) is 0 Å². The molecule has 2 heteroatoms. The third-order valence-corrected chi connectivity index (χ3v) is 4.23. The molecule has 0 amide bonds. The lowest BCUT2D eigenvalue weighted by Crippen LogP contribution is -2.15. The molecule has 1 aliphatic rings. The molecule has 1 fully saturated rings. The van der Waals surface area contributed by atoms with Gasteiger partial charge in [0.25, 0.3) is 0 Å². The molecular weight excluding hydrogens is 256 g/mol. The van der Waals surface area contributed by atoms with E-state index in [-0.39, 0.29) is 0 Å². The molecule has 0 aromatic carbocycles. The van der Waals surface area contributed by atoms with Gasteiger partial charge in [-0.3, -0.25) is 0 Å². The predicted molar refractivity (Wildman–Crippen MR) is 53.0 cm³/mol. The molecule has 0 bridgehead atoms. The molecule has 0 nitrogen and oxygen atoms in total. The molecular formula is C8H14Br2. The van der Waals surface area contributed by atoms with Crippen LogP contribution in [0.4, 0.5) is 0 Å². The summed E-state index contributed by atoms with van der Waals surface area (Å²) in [6, 6.07) is 0. The summed E-state index contributed by atoms with van der Waals surface area (Å²) in [4.78, 5) is 0. The molecule has 0 aromatic rings. The molecule has 0 atom stereocenters. The molecule has 0 N–H and O–H groups in total. The number of hydrogen-bond acceptors (Lipinski definition) is 0. The van der Waals surface area contributed by atoms with Gasteiger partial charge in [-0.15, -0.1) is 0 Å². The first-order valence-corrected chi connectivity index (χ1v) is 6.23. The van der Waals surface area contributed by atoms with E-state index >= 15 is 0 Å². The van der Waals surface area contributed by atoms with E-state index in [0.29, 0.717) is 0 Å². The van der Waals surface area contributed by atoms with Crippen molar-refractivity contribution < 1.29 is 0 Å². The van der Waals surface area contributed by atoms with Crippen molar-refractivity contribution in [2.45, 2.75) is 25.7 Å². The lowest BCUT2D eigenvalue weighted by molar-refractivity contribution is 0.318. The van der Waals surface area contributed by atoms with Gasteiger partial charge in [0, 0.05) is 10.7 Å². The Labute approximate surface area is 80.0 Å². The van der Waals surface area contributed by atoms with Crippen molar-refractivity contribution in [2.24, 2.45) is 11.8 Å². The molecule has 1 saturated carbocycles. The van der Waals surface area contributed by atoms with Crippen LogP contribution in [0.25, 0.3) is 0 Å². The largest absolute Gasteiger partial charge is 0.0925 e. The topological polar surface area (TPSA) is 0 Å². The van der Waals surface area contributed by atoms with Gasteiger partial charge < -0.3 is 0 Å².